The summed E-state index contributed by atoms with van der Waals surface area (Å²) < 4.78 is 5.39. The van der Waals surface area contributed by atoms with E-state index in [4.69, 9.17) is 4.74 Å². The van der Waals surface area contributed by atoms with E-state index < -0.39 is 5.91 Å². The van der Waals surface area contributed by atoms with E-state index in [0.717, 1.165) is 23.3 Å². The Kier molecular flexibility index (Phi) is 7.18. The molecule has 0 aliphatic rings. The largest absolute Gasteiger partial charge is 0.490 e. The molecule has 0 heterocycles. The van der Waals surface area contributed by atoms with E-state index in [-0.39, 0.29) is 5.91 Å². The Balaban J connectivity index is 1.82. The van der Waals surface area contributed by atoms with Gasteiger partial charge in [-0.05, 0) is 47.9 Å². The zero-order valence-electron chi connectivity index (χ0n) is 14.7. The van der Waals surface area contributed by atoms with Gasteiger partial charge in [0.15, 0.2) is 0 Å². The van der Waals surface area contributed by atoms with Crippen molar-refractivity contribution in [1.29, 1.82) is 0 Å². The van der Waals surface area contributed by atoms with Crippen LogP contribution in [0.3, 0.4) is 0 Å². The van der Waals surface area contributed by atoms with Crippen LogP contribution in [0.2, 0.25) is 0 Å². The Morgan fingerprint density at radius 2 is 1.73 bits per heavy atom. The third kappa shape index (κ3) is 5.94. The molecule has 0 radical (unpaired) electrons. The number of rotatable bonds is 7. The smallest absolute Gasteiger partial charge is 0.269 e. The van der Waals surface area contributed by atoms with E-state index in [1.54, 1.807) is 24.3 Å². The van der Waals surface area contributed by atoms with Gasteiger partial charge in [-0.25, -0.2) is 0 Å². The van der Waals surface area contributed by atoms with Gasteiger partial charge in [0.1, 0.15) is 12.4 Å². The summed E-state index contributed by atoms with van der Waals surface area (Å²) in [6.45, 7) is 6.08. The summed E-state index contributed by atoms with van der Waals surface area (Å²) in [5.74, 6) is -0.0542. The minimum Gasteiger partial charge on any atom is -0.490 e. The minimum absolute atomic E-state index is 0.363. The van der Waals surface area contributed by atoms with Gasteiger partial charge in [-0.1, -0.05) is 43.8 Å². The molecule has 0 aliphatic carbocycles. The molecule has 2 rings (SSSR count). The summed E-state index contributed by atoms with van der Waals surface area (Å²) in [5.41, 5.74) is 7.22. The molecule has 2 amide bonds. The van der Waals surface area contributed by atoms with Crippen molar-refractivity contribution >= 4 is 17.9 Å². The number of aryl methyl sites for hydroxylation is 1. The number of benzene rings is 2. The first kappa shape index (κ1) is 19.0. The second kappa shape index (κ2) is 9.84. The molecule has 0 aliphatic heterocycles. The first-order valence-corrected chi connectivity index (χ1v) is 8.33. The van der Waals surface area contributed by atoms with Crippen molar-refractivity contribution < 1.29 is 14.3 Å². The maximum absolute atomic E-state index is 12.0. The van der Waals surface area contributed by atoms with Crippen molar-refractivity contribution in [3.8, 4) is 5.75 Å². The topological polar surface area (TPSA) is 67.4 Å². The molecule has 5 heteroatoms. The number of hydrogen-bond donors (Lipinski definition) is 2. The van der Waals surface area contributed by atoms with E-state index in [1.165, 1.54) is 6.08 Å². The van der Waals surface area contributed by atoms with Gasteiger partial charge in [0, 0.05) is 11.6 Å². The second-order valence-electron chi connectivity index (χ2n) is 5.50. The molecule has 2 aromatic carbocycles. The highest BCUT2D eigenvalue weighted by Gasteiger charge is 2.05. The predicted octanol–water partition coefficient (Wildman–Crippen LogP) is 3.29. The molecule has 134 valence electrons. The van der Waals surface area contributed by atoms with Gasteiger partial charge in [-0.3, -0.25) is 20.4 Å². The van der Waals surface area contributed by atoms with Crippen LogP contribution in [0.25, 0.3) is 6.08 Å². The van der Waals surface area contributed by atoms with Crippen LogP contribution in [0.1, 0.15) is 28.4 Å². The lowest BCUT2D eigenvalue weighted by Gasteiger charge is -2.06. The van der Waals surface area contributed by atoms with Crippen LogP contribution in [0.5, 0.6) is 5.75 Å². The molecule has 0 fully saturated rings. The summed E-state index contributed by atoms with van der Waals surface area (Å²) in [6.07, 6.45) is 5.57. The molecule has 0 saturated heterocycles. The van der Waals surface area contributed by atoms with Crippen molar-refractivity contribution in [2.75, 3.05) is 6.61 Å². The van der Waals surface area contributed by atoms with Gasteiger partial charge < -0.3 is 4.74 Å². The molecule has 0 unspecified atom stereocenters. The molecule has 2 N–H and O–H groups in total. The fourth-order valence-corrected chi connectivity index (χ4v) is 2.13. The number of carbonyl (C=O) groups is 2. The summed E-state index contributed by atoms with van der Waals surface area (Å²) >= 11 is 0. The number of hydrogen-bond acceptors (Lipinski definition) is 3. The second-order valence-corrected chi connectivity index (χ2v) is 5.50. The van der Waals surface area contributed by atoms with Crippen LogP contribution >= 0.6 is 0 Å². The van der Waals surface area contributed by atoms with Crippen molar-refractivity contribution in [3.05, 3.63) is 84.0 Å². The van der Waals surface area contributed by atoms with Gasteiger partial charge in [0.2, 0.25) is 0 Å². The number of ether oxygens (including phenoxy) is 1. The molecule has 0 spiro atoms. The molecular formula is C21H22N2O3. The normalized spacial score (nSPS) is 10.3. The summed E-state index contributed by atoms with van der Waals surface area (Å²) in [7, 11) is 0. The Morgan fingerprint density at radius 1 is 1.04 bits per heavy atom. The highest BCUT2D eigenvalue weighted by Crippen LogP contribution is 2.13. The molecule has 5 nitrogen and oxygen atoms in total. The Morgan fingerprint density at radius 3 is 2.35 bits per heavy atom. The summed E-state index contributed by atoms with van der Waals surface area (Å²) in [6, 6.07) is 14.5. The predicted molar refractivity (Wildman–Crippen MR) is 103 cm³/mol. The molecule has 0 aromatic heterocycles. The lowest BCUT2D eigenvalue weighted by Crippen LogP contribution is -2.40. The van der Waals surface area contributed by atoms with Gasteiger partial charge in [0.05, 0.1) is 0 Å². The van der Waals surface area contributed by atoms with Crippen LogP contribution in [0.4, 0.5) is 0 Å². The minimum atomic E-state index is -0.421. The fourth-order valence-electron chi connectivity index (χ4n) is 2.13. The number of amides is 2. The average molecular weight is 350 g/mol. The third-order valence-electron chi connectivity index (χ3n) is 3.60. The Labute approximate surface area is 153 Å². The van der Waals surface area contributed by atoms with Crippen molar-refractivity contribution in [2.45, 2.75) is 13.3 Å². The SMILES string of the molecule is C=CCOc1ccc(/C=C/C(=O)NNC(=O)c2ccc(CC)cc2)cc1. The highest BCUT2D eigenvalue weighted by molar-refractivity contribution is 5.97. The zero-order valence-corrected chi connectivity index (χ0v) is 14.7. The average Bonchev–Trinajstić information content (AvgIpc) is 2.69. The molecule has 26 heavy (non-hydrogen) atoms. The molecule has 0 bridgehead atoms. The van der Waals surface area contributed by atoms with E-state index in [9.17, 15) is 9.59 Å². The summed E-state index contributed by atoms with van der Waals surface area (Å²) in [4.78, 5) is 23.8. The molecule has 0 atom stereocenters. The van der Waals surface area contributed by atoms with Crippen molar-refractivity contribution in [1.82, 2.24) is 10.9 Å². The molecule has 2 aromatic rings. The quantitative estimate of drug-likeness (QED) is 0.457. The van der Waals surface area contributed by atoms with E-state index in [2.05, 4.69) is 17.4 Å². The van der Waals surface area contributed by atoms with Crippen LogP contribution in [-0.4, -0.2) is 18.4 Å². The Bertz CT molecular complexity index is 778. The standard InChI is InChI=1S/C21H22N2O3/c1-3-15-26-19-12-7-17(8-13-19)9-14-20(24)22-23-21(25)18-10-5-16(4-2)6-11-18/h3,5-14H,1,4,15H2,2H3,(H,22,24)(H,23,25)/b14-9+. The number of hydrazine groups is 1. The van der Waals surface area contributed by atoms with Gasteiger partial charge in [-0.15, -0.1) is 0 Å². The summed E-state index contributed by atoms with van der Waals surface area (Å²) in [5, 5.41) is 0. The zero-order chi connectivity index (χ0) is 18.8. The van der Waals surface area contributed by atoms with Crippen molar-refractivity contribution in [2.24, 2.45) is 0 Å². The third-order valence-corrected chi connectivity index (χ3v) is 3.60. The van der Waals surface area contributed by atoms with E-state index >= 15 is 0 Å². The van der Waals surface area contributed by atoms with Gasteiger partial charge in [-0.2, -0.15) is 0 Å². The lowest BCUT2D eigenvalue weighted by atomic mass is 10.1. The maximum atomic E-state index is 12.0. The first-order chi connectivity index (χ1) is 12.6. The van der Waals surface area contributed by atoms with Crippen LogP contribution < -0.4 is 15.6 Å². The van der Waals surface area contributed by atoms with Crippen LogP contribution in [-0.2, 0) is 11.2 Å². The first-order valence-electron chi connectivity index (χ1n) is 8.33. The van der Waals surface area contributed by atoms with Gasteiger partial charge >= 0.3 is 0 Å². The van der Waals surface area contributed by atoms with Crippen molar-refractivity contribution in [3.63, 3.8) is 0 Å². The number of nitrogens with one attached hydrogen (secondary N) is 2. The van der Waals surface area contributed by atoms with Crippen LogP contribution in [0.15, 0.2) is 67.3 Å². The number of carbonyl (C=O) groups excluding carboxylic acids is 2. The van der Waals surface area contributed by atoms with Gasteiger partial charge in [0.25, 0.3) is 11.8 Å². The maximum Gasteiger partial charge on any atom is 0.269 e. The monoisotopic (exact) mass is 350 g/mol. The van der Waals surface area contributed by atoms with E-state index in [1.807, 2.05) is 43.3 Å². The lowest BCUT2D eigenvalue weighted by molar-refractivity contribution is -0.117. The fraction of sp³-hybridized carbons (Fsp3) is 0.143. The molecular weight excluding hydrogens is 328 g/mol. The van der Waals surface area contributed by atoms with E-state index in [0.29, 0.717) is 12.2 Å². The highest BCUT2D eigenvalue weighted by atomic mass is 16.5. The van der Waals surface area contributed by atoms with Crippen LogP contribution in [0, 0.1) is 0 Å². The molecule has 0 saturated carbocycles. The Hall–Kier alpha value is -3.34.